The van der Waals surface area contributed by atoms with Crippen molar-refractivity contribution in [2.75, 3.05) is 16.8 Å². The van der Waals surface area contributed by atoms with Gasteiger partial charge >= 0.3 is 0 Å². The smallest absolute Gasteiger partial charge is 0.271 e. The molecule has 2 aromatic rings. The molecule has 1 aliphatic heterocycles. The number of amides is 1. The Bertz CT molecular complexity index is 900. The molecule has 0 bridgehead atoms. The van der Waals surface area contributed by atoms with Crippen LogP contribution in [-0.2, 0) is 9.84 Å². The number of nitrogens with zero attached hydrogens (tertiary/aromatic N) is 2. The van der Waals surface area contributed by atoms with Crippen molar-refractivity contribution in [2.24, 2.45) is 0 Å². The van der Waals surface area contributed by atoms with Crippen LogP contribution in [0, 0.1) is 6.92 Å². The van der Waals surface area contributed by atoms with E-state index in [9.17, 15) is 13.2 Å². The Morgan fingerprint density at radius 1 is 1.28 bits per heavy atom. The van der Waals surface area contributed by atoms with Gasteiger partial charge in [-0.3, -0.25) is 4.79 Å². The van der Waals surface area contributed by atoms with E-state index in [4.69, 9.17) is 11.6 Å². The number of carbonyl (C=O) groups is 1. The zero-order chi connectivity index (χ0) is 18.0. The van der Waals surface area contributed by atoms with Crippen molar-refractivity contribution in [1.82, 2.24) is 15.3 Å². The summed E-state index contributed by atoms with van der Waals surface area (Å²) >= 11 is 6.08. The van der Waals surface area contributed by atoms with Crippen LogP contribution in [0.25, 0.3) is 0 Å². The Hall–Kier alpha value is -2.19. The fraction of sp³-hybridized carbons (Fsp3) is 0.312. The molecular weight excluding hydrogens is 364 g/mol. The summed E-state index contributed by atoms with van der Waals surface area (Å²) in [6.07, 6.45) is 3.22. The first kappa shape index (κ1) is 17.6. The SMILES string of the molecule is Cc1c(Cl)cccc1Nc1cnc(C(=O)NC2CCS(=O)(=O)C2)cn1. The van der Waals surface area contributed by atoms with Gasteiger partial charge in [0, 0.05) is 16.8 Å². The summed E-state index contributed by atoms with van der Waals surface area (Å²) in [7, 11) is -3.04. The van der Waals surface area contributed by atoms with E-state index in [1.54, 1.807) is 6.07 Å². The Balaban J connectivity index is 1.66. The molecule has 1 atom stereocenters. The van der Waals surface area contributed by atoms with Gasteiger partial charge in [-0.2, -0.15) is 0 Å². The van der Waals surface area contributed by atoms with E-state index in [2.05, 4.69) is 20.6 Å². The lowest BCUT2D eigenvalue weighted by Gasteiger charge is -2.11. The molecule has 3 rings (SSSR count). The maximum absolute atomic E-state index is 12.1. The number of hydrogen-bond acceptors (Lipinski definition) is 6. The van der Waals surface area contributed by atoms with Gasteiger partial charge in [0.2, 0.25) is 0 Å². The van der Waals surface area contributed by atoms with Gasteiger partial charge < -0.3 is 10.6 Å². The molecule has 9 heteroatoms. The van der Waals surface area contributed by atoms with Crippen LogP contribution in [-0.4, -0.2) is 41.8 Å². The molecular formula is C16H17ClN4O3S. The van der Waals surface area contributed by atoms with E-state index in [-0.39, 0.29) is 23.2 Å². The van der Waals surface area contributed by atoms with Crippen molar-refractivity contribution in [1.29, 1.82) is 0 Å². The molecule has 2 heterocycles. The van der Waals surface area contributed by atoms with Crippen LogP contribution in [0.3, 0.4) is 0 Å². The van der Waals surface area contributed by atoms with Crippen LogP contribution in [0.15, 0.2) is 30.6 Å². The van der Waals surface area contributed by atoms with Gasteiger partial charge in [-0.15, -0.1) is 0 Å². The summed E-state index contributed by atoms with van der Waals surface area (Å²) in [4.78, 5) is 20.4. The first-order valence-electron chi connectivity index (χ1n) is 7.69. The van der Waals surface area contributed by atoms with Gasteiger partial charge in [0.05, 0.1) is 23.9 Å². The minimum absolute atomic E-state index is 0.0279. The predicted octanol–water partition coefficient (Wildman–Crippen LogP) is 2.10. The van der Waals surface area contributed by atoms with Crippen molar-refractivity contribution >= 4 is 38.9 Å². The number of anilines is 2. The topological polar surface area (TPSA) is 101 Å². The molecule has 1 amide bonds. The Morgan fingerprint density at radius 3 is 2.72 bits per heavy atom. The fourth-order valence-electron chi connectivity index (χ4n) is 2.56. The third kappa shape index (κ3) is 4.26. The third-order valence-electron chi connectivity index (χ3n) is 3.98. The number of rotatable bonds is 4. The number of aromatic nitrogens is 2. The molecule has 1 aromatic heterocycles. The van der Waals surface area contributed by atoms with Crippen molar-refractivity contribution in [3.8, 4) is 0 Å². The minimum Gasteiger partial charge on any atom is -0.347 e. The zero-order valence-corrected chi connectivity index (χ0v) is 15.1. The number of hydrogen-bond donors (Lipinski definition) is 2. The van der Waals surface area contributed by atoms with Gasteiger partial charge in [0.1, 0.15) is 11.5 Å². The summed E-state index contributed by atoms with van der Waals surface area (Å²) < 4.78 is 22.9. The summed E-state index contributed by atoms with van der Waals surface area (Å²) in [6, 6.07) is 5.11. The number of sulfone groups is 1. The van der Waals surface area contributed by atoms with Crippen LogP contribution in [0.5, 0.6) is 0 Å². The highest BCUT2D eigenvalue weighted by atomic mass is 35.5. The molecule has 1 saturated heterocycles. The van der Waals surface area contributed by atoms with Crippen LogP contribution < -0.4 is 10.6 Å². The van der Waals surface area contributed by atoms with E-state index < -0.39 is 15.7 Å². The summed E-state index contributed by atoms with van der Waals surface area (Å²) in [6.45, 7) is 1.88. The largest absolute Gasteiger partial charge is 0.347 e. The lowest BCUT2D eigenvalue weighted by atomic mass is 10.2. The maximum Gasteiger partial charge on any atom is 0.271 e. The van der Waals surface area contributed by atoms with Crippen molar-refractivity contribution in [3.63, 3.8) is 0 Å². The predicted molar refractivity (Wildman–Crippen MR) is 96.0 cm³/mol. The zero-order valence-electron chi connectivity index (χ0n) is 13.5. The normalized spacial score (nSPS) is 18.7. The highest BCUT2D eigenvalue weighted by Gasteiger charge is 2.29. The molecule has 0 aliphatic carbocycles. The Kier molecular flexibility index (Phi) is 4.91. The molecule has 0 saturated carbocycles. The molecule has 0 spiro atoms. The third-order valence-corrected chi connectivity index (χ3v) is 6.16. The quantitative estimate of drug-likeness (QED) is 0.842. The molecule has 2 N–H and O–H groups in total. The second-order valence-electron chi connectivity index (χ2n) is 5.90. The number of carbonyl (C=O) groups excluding carboxylic acids is 1. The Labute approximate surface area is 150 Å². The standard InChI is InChI=1S/C16H17ClN4O3S/c1-10-12(17)3-2-4-13(10)21-15-8-18-14(7-19-15)16(22)20-11-5-6-25(23,24)9-11/h2-4,7-8,11H,5-6,9H2,1H3,(H,19,21)(H,20,22). The van der Waals surface area contributed by atoms with E-state index in [1.807, 2.05) is 19.1 Å². The molecule has 7 nitrogen and oxygen atoms in total. The highest BCUT2D eigenvalue weighted by Crippen LogP contribution is 2.25. The molecule has 1 unspecified atom stereocenters. The van der Waals surface area contributed by atoms with Crippen LogP contribution in [0.1, 0.15) is 22.5 Å². The lowest BCUT2D eigenvalue weighted by molar-refractivity contribution is 0.0935. The summed E-state index contributed by atoms with van der Waals surface area (Å²) in [5.41, 5.74) is 1.82. The van der Waals surface area contributed by atoms with Gasteiger partial charge in [-0.1, -0.05) is 17.7 Å². The first-order chi connectivity index (χ1) is 11.8. The number of nitrogens with one attached hydrogen (secondary N) is 2. The van der Waals surface area contributed by atoms with E-state index in [0.29, 0.717) is 17.3 Å². The summed E-state index contributed by atoms with van der Waals surface area (Å²) in [5, 5.41) is 6.41. The molecule has 1 fully saturated rings. The van der Waals surface area contributed by atoms with Crippen LogP contribution in [0.4, 0.5) is 11.5 Å². The lowest BCUT2D eigenvalue weighted by Crippen LogP contribution is -2.36. The molecule has 1 aromatic carbocycles. The number of benzene rings is 1. The molecule has 1 aliphatic rings. The molecule has 132 valence electrons. The van der Waals surface area contributed by atoms with E-state index in [0.717, 1.165) is 11.3 Å². The van der Waals surface area contributed by atoms with E-state index >= 15 is 0 Å². The highest BCUT2D eigenvalue weighted by molar-refractivity contribution is 7.91. The Morgan fingerprint density at radius 2 is 2.08 bits per heavy atom. The van der Waals surface area contributed by atoms with Crippen LogP contribution in [0.2, 0.25) is 5.02 Å². The second-order valence-corrected chi connectivity index (χ2v) is 8.53. The maximum atomic E-state index is 12.1. The average Bonchev–Trinajstić information content (AvgIpc) is 2.91. The van der Waals surface area contributed by atoms with Gasteiger partial charge in [-0.25, -0.2) is 18.4 Å². The molecule has 25 heavy (non-hydrogen) atoms. The van der Waals surface area contributed by atoms with Gasteiger partial charge in [-0.05, 0) is 31.0 Å². The molecule has 0 radical (unpaired) electrons. The van der Waals surface area contributed by atoms with Gasteiger partial charge in [0.15, 0.2) is 9.84 Å². The summed E-state index contributed by atoms with van der Waals surface area (Å²) in [5.74, 6) is 0.121. The average molecular weight is 381 g/mol. The number of halogens is 1. The minimum atomic E-state index is -3.04. The van der Waals surface area contributed by atoms with Gasteiger partial charge in [0.25, 0.3) is 5.91 Å². The van der Waals surface area contributed by atoms with Crippen molar-refractivity contribution < 1.29 is 13.2 Å². The van der Waals surface area contributed by atoms with Crippen molar-refractivity contribution in [3.05, 3.63) is 46.9 Å². The fourth-order valence-corrected chi connectivity index (χ4v) is 4.41. The monoisotopic (exact) mass is 380 g/mol. The van der Waals surface area contributed by atoms with Crippen molar-refractivity contribution in [2.45, 2.75) is 19.4 Å². The van der Waals surface area contributed by atoms with E-state index in [1.165, 1.54) is 12.4 Å². The van der Waals surface area contributed by atoms with Crippen LogP contribution >= 0.6 is 11.6 Å². The second kappa shape index (κ2) is 6.97. The first-order valence-corrected chi connectivity index (χ1v) is 9.89.